The number of esters is 1. The molecule has 2 unspecified atom stereocenters. The SMILES string of the molecule is CCOC(=O)C1OC1C(Cl)(Cl)Cl. The Kier molecular flexibility index (Phi) is 3.10. The highest BCUT2D eigenvalue weighted by Crippen LogP contribution is 2.43. The highest BCUT2D eigenvalue weighted by atomic mass is 35.6. The lowest BCUT2D eigenvalue weighted by atomic mass is 10.3. The Morgan fingerprint density at radius 2 is 2.17 bits per heavy atom. The molecule has 0 N–H and O–H groups in total. The first-order valence-electron chi connectivity index (χ1n) is 3.35. The number of ether oxygens (including phenoxy) is 2. The molecular formula is C6H7Cl3O3. The van der Waals surface area contributed by atoms with Crippen LogP contribution in [0.5, 0.6) is 0 Å². The maximum atomic E-state index is 10.9. The molecule has 12 heavy (non-hydrogen) atoms. The molecule has 0 aromatic rings. The Labute approximate surface area is 84.9 Å². The first-order chi connectivity index (χ1) is 5.46. The molecule has 70 valence electrons. The molecule has 6 heteroatoms. The van der Waals surface area contributed by atoms with E-state index in [2.05, 4.69) is 4.74 Å². The molecule has 1 rings (SSSR count). The Morgan fingerprint density at radius 3 is 2.50 bits per heavy atom. The van der Waals surface area contributed by atoms with Crippen molar-refractivity contribution in [2.45, 2.75) is 22.9 Å². The molecule has 1 heterocycles. The summed E-state index contributed by atoms with van der Waals surface area (Å²) in [6, 6.07) is 0. The fraction of sp³-hybridized carbons (Fsp3) is 0.833. The monoisotopic (exact) mass is 232 g/mol. The van der Waals surface area contributed by atoms with Gasteiger partial charge in [0.2, 0.25) is 3.79 Å². The largest absolute Gasteiger partial charge is 0.464 e. The first kappa shape index (κ1) is 10.4. The van der Waals surface area contributed by atoms with Crippen LogP contribution in [0.25, 0.3) is 0 Å². The molecule has 0 amide bonds. The highest BCUT2D eigenvalue weighted by Gasteiger charge is 2.57. The van der Waals surface area contributed by atoms with E-state index in [4.69, 9.17) is 39.5 Å². The summed E-state index contributed by atoms with van der Waals surface area (Å²) in [6.45, 7) is 2.00. The number of epoxide rings is 1. The van der Waals surface area contributed by atoms with Crippen LogP contribution in [0.1, 0.15) is 6.92 Å². The second-order valence-corrected chi connectivity index (χ2v) is 4.64. The van der Waals surface area contributed by atoms with Gasteiger partial charge >= 0.3 is 5.97 Å². The van der Waals surface area contributed by atoms with Crippen LogP contribution < -0.4 is 0 Å². The summed E-state index contributed by atoms with van der Waals surface area (Å²) in [5.74, 6) is -0.478. The van der Waals surface area contributed by atoms with Crippen molar-refractivity contribution in [3.8, 4) is 0 Å². The van der Waals surface area contributed by atoms with Crippen molar-refractivity contribution in [3.05, 3.63) is 0 Å². The smallest absolute Gasteiger partial charge is 0.338 e. The quantitative estimate of drug-likeness (QED) is 0.414. The first-order valence-corrected chi connectivity index (χ1v) is 4.49. The van der Waals surface area contributed by atoms with Crippen molar-refractivity contribution in [2.75, 3.05) is 6.61 Å². The molecule has 0 spiro atoms. The van der Waals surface area contributed by atoms with Gasteiger partial charge in [-0.3, -0.25) is 0 Å². The van der Waals surface area contributed by atoms with Crippen molar-refractivity contribution in [1.82, 2.24) is 0 Å². The van der Waals surface area contributed by atoms with Gasteiger partial charge in [-0.25, -0.2) is 4.79 Å². The molecule has 1 aliphatic heterocycles. The molecule has 0 bridgehead atoms. The Hall–Kier alpha value is 0.300. The normalized spacial score (nSPS) is 28.3. The van der Waals surface area contributed by atoms with Crippen LogP contribution in [0, 0.1) is 0 Å². The zero-order valence-electron chi connectivity index (χ0n) is 6.22. The minimum absolute atomic E-state index is 0.297. The van der Waals surface area contributed by atoms with Crippen molar-refractivity contribution in [2.24, 2.45) is 0 Å². The summed E-state index contributed by atoms with van der Waals surface area (Å²) < 4.78 is 7.93. The van der Waals surface area contributed by atoms with E-state index in [9.17, 15) is 4.79 Å². The second-order valence-electron chi connectivity index (χ2n) is 2.27. The third kappa shape index (κ3) is 2.39. The molecule has 2 atom stereocenters. The van der Waals surface area contributed by atoms with Gasteiger partial charge in [-0.1, -0.05) is 34.8 Å². The van der Waals surface area contributed by atoms with Gasteiger partial charge < -0.3 is 9.47 Å². The van der Waals surface area contributed by atoms with Gasteiger partial charge in [-0.2, -0.15) is 0 Å². The minimum atomic E-state index is -1.54. The highest BCUT2D eigenvalue weighted by molar-refractivity contribution is 6.68. The van der Waals surface area contributed by atoms with E-state index in [0.717, 1.165) is 0 Å². The lowest BCUT2D eigenvalue weighted by molar-refractivity contribution is -0.144. The number of halogens is 3. The fourth-order valence-electron chi connectivity index (χ4n) is 0.765. The van der Waals surface area contributed by atoms with Crippen LogP contribution in [-0.2, 0) is 14.3 Å². The zero-order valence-corrected chi connectivity index (χ0v) is 8.49. The van der Waals surface area contributed by atoms with E-state index in [-0.39, 0.29) is 0 Å². The third-order valence-electron chi connectivity index (χ3n) is 1.33. The molecule has 3 nitrogen and oxygen atoms in total. The van der Waals surface area contributed by atoms with Gasteiger partial charge in [-0.05, 0) is 6.92 Å². The predicted molar refractivity (Wildman–Crippen MR) is 45.6 cm³/mol. The van der Waals surface area contributed by atoms with Gasteiger partial charge in [0.25, 0.3) is 0 Å². The zero-order chi connectivity index (χ0) is 9.35. The average molecular weight is 233 g/mol. The molecule has 0 saturated carbocycles. The molecule has 0 radical (unpaired) electrons. The van der Waals surface area contributed by atoms with E-state index in [0.29, 0.717) is 6.61 Å². The standard InChI is InChI=1S/C6H7Cl3O3/c1-2-11-5(10)3-4(12-3)6(7,8)9/h3-4H,2H2,1H3. The van der Waals surface area contributed by atoms with E-state index < -0.39 is 22.0 Å². The number of carbonyl (C=O) groups excluding carboxylic acids is 1. The molecule has 1 fully saturated rings. The number of alkyl halides is 3. The molecule has 1 aliphatic rings. The molecule has 1 saturated heterocycles. The summed E-state index contributed by atoms with van der Waals surface area (Å²) in [4.78, 5) is 10.9. The van der Waals surface area contributed by atoms with E-state index in [1.165, 1.54) is 0 Å². The maximum Gasteiger partial charge on any atom is 0.338 e. The number of rotatable bonds is 2. The van der Waals surface area contributed by atoms with Gasteiger partial charge in [0.1, 0.15) is 6.10 Å². The predicted octanol–water partition coefficient (Wildman–Crippen LogP) is 1.69. The third-order valence-corrected chi connectivity index (χ3v) is 1.98. The van der Waals surface area contributed by atoms with Crippen LogP contribution in [0.3, 0.4) is 0 Å². The number of carbonyl (C=O) groups is 1. The van der Waals surface area contributed by atoms with Crippen molar-refractivity contribution in [1.29, 1.82) is 0 Å². The molecule has 0 aromatic carbocycles. The number of hydrogen-bond donors (Lipinski definition) is 0. The maximum absolute atomic E-state index is 10.9. The molecule has 0 aromatic heterocycles. The van der Waals surface area contributed by atoms with Crippen molar-refractivity contribution < 1.29 is 14.3 Å². The van der Waals surface area contributed by atoms with Crippen molar-refractivity contribution >= 4 is 40.8 Å². The van der Waals surface area contributed by atoms with Crippen LogP contribution in [0.4, 0.5) is 0 Å². The van der Waals surface area contributed by atoms with E-state index >= 15 is 0 Å². The van der Waals surface area contributed by atoms with Crippen LogP contribution in [-0.4, -0.2) is 28.6 Å². The fourth-order valence-corrected chi connectivity index (χ4v) is 1.26. The van der Waals surface area contributed by atoms with E-state index in [1.54, 1.807) is 6.92 Å². The lowest BCUT2D eigenvalue weighted by Gasteiger charge is -2.04. The van der Waals surface area contributed by atoms with Crippen molar-refractivity contribution in [3.63, 3.8) is 0 Å². The Balaban J connectivity index is 2.37. The van der Waals surface area contributed by atoms with Gasteiger partial charge in [0.05, 0.1) is 6.61 Å². The summed E-state index contributed by atoms with van der Waals surface area (Å²) >= 11 is 16.4. The lowest BCUT2D eigenvalue weighted by Crippen LogP contribution is -2.21. The average Bonchev–Trinajstić information content (AvgIpc) is 2.62. The van der Waals surface area contributed by atoms with E-state index in [1.807, 2.05) is 0 Å². The summed E-state index contributed by atoms with van der Waals surface area (Å²) in [5.41, 5.74) is 0. The Morgan fingerprint density at radius 1 is 1.58 bits per heavy atom. The topological polar surface area (TPSA) is 38.8 Å². The molecule has 0 aliphatic carbocycles. The summed E-state index contributed by atoms with van der Waals surface area (Å²) in [5, 5.41) is 0. The van der Waals surface area contributed by atoms with Crippen LogP contribution in [0.2, 0.25) is 0 Å². The second kappa shape index (κ2) is 3.58. The van der Waals surface area contributed by atoms with Gasteiger partial charge in [0, 0.05) is 0 Å². The summed E-state index contributed by atoms with van der Waals surface area (Å²) in [6.07, 6.45) is -1.38. The summed E-state index contributed by atoms with van der Waals surface area (Å²) in [7, 11) is 0. The van der Waals surface area contributed by atoms with Crippen LogP contribution in [0.15, 0.2) is 0 Å². The van der Waals surface area contributed by atoms with Crippen LogP contribution >= 0.6 is 34.8 Å². The van der Waals surface area contributed by atoms with Gasteiger partial charge in [0.15, 0.2) is 6.10 Å². The molecular weight excluding hydrogens is 226 g/mol. The van der Waals surface area contributed by atoms with Gasteiger partial charge in [-0.15, -0.1) is 0 Å². The Bertz CT molecular complexity index is 189. The number of hydrogen-bond acceptors (Lipinski definition) is 3. The minimum Gasteiger partial charge on any atom is -0.464 e.